The fourth-order valence-electron chi connectivity index (χ4n) is 1.37. The molecule has 0 aliphatic carbocycles. The summed E-state index contributed by atoms with van der Waals surface area (Å²) in [6.45, 7) is 6.42. The third kappa shape index (κ3) is 3.47. The van der Waals surface area contributed by atoms with Crippen LogP contribution in [0.1, 0.15) is 25.0 Å². The van der Waals surface area contributed by atoms with Crippen molar-refractivity contribution in [1.82, 2.24) is 5.32 Å². The van der Waals surface area contributed by atoms with E-state index in [0.717, 1.165) is 0 Å². The molecule has 1 aromatic carbocycles. The van der Waals surface area contributed by atoms with E-state index in [1.807, 2.05) is 7.05 Å². The maximum atomic E-state index is 3.51. The van der Waals surface area contributed by atoms with Crippen LogP contribution in [0, 0.1) is 6.92 Å². The van der Waals surface area contributed by atoms with Gasteiger partial charge in [-0.25, -0.2) is 0 Å². The molecule has 0 spiro atoms. The lowest BCUT2D eigenvalue weighted by Crippen LogP contribution is -2.21. The maximum Gasteiger partial charge on any atom is 0.0248 e. The van der Waals surface area contributed by atoms with Crippen molar-refractivity contribution in [2.45, 2.75) is 26.8 Å². The third-order valence-electron chi connectivity index (χ3n) is 2.69. The van der Waals surface area contributed by atoms with Gasteiger partial charge in [-0.1, -0.05) is 39.7 Å². The zero-order chi connectivity index (χ0) is 11.4. The highest BCUT2D eigenvalue weighted by Crippen LogP contribution is 2.19. The van der Waals surface area contributed by atoms with E-state index in [0.29, 0.717) is 6.04 Å². The molecule has 0 fully saturated rings. The Balaban J connectivity index is 2.93. The van der Waals surface area contributed by atoms with Crippen molar-refractivity contribution < 1.29 is 0 Å². The highest BCUT2D eigenvalue weighted by molar-refractivity contribution is 9.10. The van der Waals surface area contributed by atoms with Crippen molar-refractivity contribution in [2.24, 2.45) is 0 Å². The van der Waals surface area contributed by atoms with Crippen LogP contribution in [0.25, 0.3) is 6.08 Å². The molecule has 0 heterocycles. The average molecular weight is 268 g/mol. The first kappa shape index (κ1) is 12.5. The second-order valence-electron chi connectivity index (χ2n) is 3.91. The SMILES string of the molecule is CNC(C)/C(C)=C/c1ccc(Br)c(C)c1. The number of halogens is 1. The summed E-state index contributed by atoms with van der Waals surface area (Å²) in [5.74, 6) is 0. The van der Waals surface area contributed by atoms with Crippen LogP contribution in [0.15, 0.2) is 28.2 Å². The van der Waals surface area contributed by atoms with Crippen molar-refractivity contribution in [3.8, 4) is 0 Å². The lowest BCUT2D eigenvalue weighted by atomic mass is 10.1. The third-order valence-corrected chi connectivity index (χ3v) is 3.58. The van der Waals surface area contributed by atoms with Crippen LogP contribution in [0.5, 0.6) is 0 Å². The van der Waals surface area contributed by atoms with Gasteiger partial charge in [0.05, 0.1) is 0 Å². The number of likely N-dealkylation sites (N-methyl/N-ethyl adjacent to an activating group) is 1. The predicted octanol–water partition coefficient (Wildman–Crippen LogP) is 3.77. The van der Waals surface area contributed by atoms with Crippen LogP contribution in [-0.4, -0.2) is 13.1 Å². The van der Waals surface area contributed by atoms with Gasteiger partial charge in [0.1, 0.15) is 0 Å². The summed E-state index contributed by atoms with van der Waals surface area (Å²) in [4.78, 5) is 0. The second-order valence-corrected chi connectivity index (χ2v) is 4.76. The summed E-state index contributed by atoms with van der Waals surface area (Å²) >= 11 is 3.51. The van der Waals surface area contributed by atoms with E-state index in [9.17, 15) is 0 Å². The molecule has 0 saturated carbocycles. The molecule has 82 valence electrons. The number of hydrogen-bond acceptors (Lipinski definition) is 1. The van der Waals surface area contributed by atoms with Crippen molar-refractivity contribution in [1.29, 1.82) is 0 Å². The molecule has 1 unspecified atom stereocenters. The number of hydrogen-bond donors (Lipinski definition) is 1. The van der Waals surface area contributed by atoms with E-state index in [-0.39, 0.29) is 0 Å². The molecule has 1 nitrogen and oxygen atoms in total. The Morgan fingerprint density at radius 3 is 2.67 bits per heavy atom. The van der Waals surface area contributed by atoms with Crippen molar-refractivity contribution in [3.63, 3.8) is 0 Å². The Hall–Kier alpha value is -0.600. The molecule has 15 heavy (non-hydrogen) atoms. The minimum absolute atomic E-state index is 0.425. The van der Waals surface area contributed by atoms with Crippen LogP contribution in [0.4, 0.5) is 0 Å². The topological polar surface area (TPSA) is 12.0 Å². The summed E-state index contributed by atoms with van der Waals surface area (Å²) in [6, 6.07) is 6.84. The standard InChI is InChI=1S/C13H18BrN/c1-9(11(3)15-4)7-12-5-6-13(14)10(2)8-12/h5-8,11,15H,1-4H3/b9-7+. The minimum Gasteiger partial charge on any atom is -0.314 e. The molecule has 1 N–H and O–H groups in total. The molecule has 2 heteroatoms. The minimum atomic E-state index is 0.425. The largest absolute Gasteiger partial charge is 0.314 e. The van der Waals surface area contributed by atoms with E-state index < -0.39 is 0 Å². The quantitative estimate of drug-likeness (QED) is 0.880. The first-order valence-corrected chi connectivity index (χ1v) is 5.95. The van der Waals surface area contributed by atoms with Crippen LogP contribution >= 0.6 is 15.9 Å². The van der Waals surface area contributed by atoms with Crippen LogP contribution in [-0.2, 0) is 0 Å². The molecule has 0 aliphatic rings. The monoisotopic (exact) mass is 267 g/mol. The first-order valence-electron chi connectivity index (χ1n) is 5.16. The van der Waals surface area contributed by atoms with E-state index in [1.165, 1.54) is 21.2 Å². The first-order chi connectivity index (χ1) is 7.04. The highest BCUT2D eigenvalue weighted by atomic mass is 79.9. The second kappa shape index (κ2) is 5.47. The predicted molar refractivity (Wildman–Crippen MR) is 71.1 cm³/mol. The lowest BCUT2D eigenvalue weighted by Gasteiger charge is -2.11. The number of rotatable bonds is 3. The van der Waals surface area contributed by atoms with Gasteiger partial charge in [-0.05, 0) is 45.0 Å². The van der Waals surface area contributed by atoms with Gasteiger partial charge in [-0.15, -0.1) is 0 Å². The van der Waals surface area contributed by atoms with Gasteiger partial charge >= 0.3 is 0 Å². The van der Waals surface area contributed by atoms with Crippen LogP contribution in [0.3, 0.4) is 0 Å². The molecular weight excluding hydrogens is 250 g/mol. The van der Waals surface area contributed by atoms with Gasteiger partial charge in [-0.2, -0.15) is 0 Å². The van der Waals surface area contributed by atoms with Crippen LogP contribution < -0.4 is 5.32 Å². The Morgan fingerprint density at radius 2 is 2.13 bits per heavy atom. The zero-order valence-corrected chi connectivity index (χ0v) is 11.4. The van der Waals surface area contributed by atoms with E-state index in [2.05, 4.69) is 66.3 Å². The van der Waals surface area contributed by atoms with Gasteiger partial charge in [0, 0.05) is 10.5 Å². The Bertz CT molecular complexity index is 369. The van der Waals surface area contributed by atoms with E-state index in [4.69, 9.17) is 0 Å². The van der Waals surface area contributed by atoms with E-state index >= 15 is 0 Å². The molecule has 0 aromatic heterocycles. The smallest absolute Gasteiger partial charge is 0.0248 e. The zero-order valence-electron chi connectivity index (χ0n) is 9.76. The number of benzene rings is 1. The molecular formula is C13H18BrN. The summed E-state index contributed by atoms with van der Waals surface area (Å²) < 4.78 is 1.17. The summed E-state index contributed by atoms with van der Waals surface area (Å²) in [7, 11) is 1.98. The summed E-state index contributed by atoms with van der Waals surface area (Å²) in [5.41, 5.74) is 3.88. The highest BCUT2D eigenvalue weighted by Gasteiger charge is 2.01. The Labute approximate surface area is 101 Å². The maximum absolute atomic E-state index is 3.51. The van der Waals surface area contributed by atoms with Crippen molar-refractivity contribution in [3.05, 3.63) is 39.4 Å². The summed E-state index contributed by atoms with van der Waals surface area (Å²) in [5, 5.41) is 3.23. The van der Waals surface area contributed by atoms with Crippen molar-refractivity contribution in [2.75, 3.05) is 7.05 Å². The lowest BCUT2D eigenvalue weighted by molar-refractivity contribution is 0.696. The van der Waals surface area contributed by atoms with Gasteiger partial charge in [-0.3, -0.25) is 0 Å². The molecule has 0 aliphatic heterocycles. The Morgan fingerprint density at radius 1 is 1.47 bits per heavy atom. The van der Waals surface area contributed by atoms with E-state index in [1.54, 1.807) is 0 Å². The molecule has 0 saturated heterocycles. The van der Waals surface area contributed by atoms with Gasteiger partial charge in [0.15, 0.2) is 0 Å². The molecule has 0 amide bonds. The number of nitrogens with one attached hydrogen (secondary N) is 1. The van der Waals surface area contributed by atoms with Gasteiger partial charge in [0.2, 0.25) is 0 Å². The van der Waals surface area contributed by atoms with Gasteiger partial charge < -0.3 is 5.32 Å². The molecule has 1 rings (SSSR count). The van der Waals surface area contributed by atoms with Gasteiger partial charge in [0.25, 0.3) is 0 Å². The van der Waals surface area contributed by atoms with Crippen LogP contribution in [0.2, 0.25) is 0 Å². The average Bonchev–Trinajstić information content (AvgIpc) is 2.22. The Kier molecular flexibility index (Phi) is 4.55. The normalized spacial score (nSPS) is 14.1. The molecule has 1 aromatic rings. The molecule has 0 bridgehead atoms. The van der Waals surface area contributed by atoms with Crippen molar-refractivity contribution >= 4 is 22.0 Å². The molecule has 1 atom stereocenters. The summed E-state index contributed by atoms with van der Waals surface area (Å²) in [6.07, 6.45) is 2.22. The fraction of sp³-hybridized carbons (Fsp3) is 0.385. The molecule has 0 radical (unpaired) electrons. The fourth-order valence-corrected chi connectivity index (χ4v) is 1.62. The number of aryl methyl sites for hydroxylation is 1.